The number of rotatable bonds is 22. The molecule has 10 heteroatoms. The Morgan fingerprint density at radius 1 is 0.698 bits per heavy atom. The van der Waals surface area contributed by atoms with Crippen molar-refractivity contribution in [2.45, 2.75) is 31.5 Å². The normalized spacial score (nSPS) is 12.6. The third-order valence-electron chi connectivity index (χ3n) is 6.39. The summed E-state index contributed by atoms with van der Waals surface area (Å²) < 4.78 is 33.8. The summed E-state index contributed by atoms with van der Waals surface area (Å²) in [7, 11) is 0. The van der Waals surface area contributed by atoms with E-state index in [9.17, 15) is 9.59 Å². The molecule has 2 aromatic carbocycles. The number of hydrogen-bond donors (Lipinski definition) is 0. The molecule has 0 spiro atoms. The van der Waals surface area contributed by atoms with Crippen molar-refractivity contribution < 1.29 is 38.0 Å². The summed E-state index contributed by atoms with van der Waals surface area (Å²) in [5.74, 6) is 2.02. The molecule has 0 amide bonds. The number of esters is 2. The first-order valence-electron chi connectivity index (χ1n) is 14.0. The Hall–Kier alpha value is -2.92. The number of hydrogen-bond acceptors (Lipinski definition) is 10. The molecule has 2 unspecified atom stereocenters. The van der Waals surface area contributed by atoms with Crippen LogP contribution in [-0.2, 0) is 34.0 Å². The summed E-state index contributed by atoms with van der Waals surface area (Å²) in [5, 5.41) is 0. The first-order chi connectivity index (χ1) is 20.7. The summed E-state index contributed by atoms with van der Waals surface area (Å²) in [5.41, 5.74) is 1.90. The third-order valence-corrected chi connectivity index (χ3v) is 7.54. The summed E-state index contributed by atoms with van der Waals surface area (Å²) in [6, 6.07) is 15.7. The summed E-state index contributed by atoms with van der Waals surface area (Å²) >= 11 is 3.37. The Morgan fingerprint density at radius 3 is 1.40 bits per heavy atom. The number of thioether (sulfide) groups is 2. The Morgan fingerprint density at radius 2 is 1.07 bits per heavy atom. The quantitative estimate of drug-likeness (QED) is 0.0912. The van der Waals surface area contributed by atoms with Gasteiger partial charge in [-0.05, 0) is 47.9 Å². The molecular weight excluding hydrogens is 588 g/mol. The van der Waals surface area contributed by atoms with Gasteiger partial charge in [0, 0.05) is 29.1 Å². The first kappa shape index (κ1) is 36.3. The molecule has 43 heavy (non-hydrogen) atoms. The minimum absolute atomic E-state index is 0.167. The van der Waals surface area contributed by atoms with Crippen LogP contribution in [0.2, 0.25) is 0 Å². The Balaban J connectivity index is 1.97. The van der Waals surface area contributed by atoms with Crippen molar-refractivity contribution in [3.05, 3.63) is 85.0 Å². The van der Waals surface area contributed by atoms with Crippen molar-refractivity contribution >= 4 is 35.5 Å². The summed E-state index contributed by atoms with van der Waals surface area (Å²) in [4.78, 5) is 23.4. The number of carbonyl (C=O) groups excluding carboxylic acids is 2. The lowest BCUT2D eigenvalue weighted by Crippen LogP contribution is -2.29. The highest BCUT2D eigenvalue weighted by Crippen LogP contribution is 2.33. The molecule has 0 saturated heterocycles. The Bertz CT molecular complexity index is 1030. The van der Waals surface area contributed by atoms with Crippen molar-refractivity contribution in [2.24, 2.45) is 0 Å². The summed E-state index contributed by atoms with van der Waals surface area (Å²) in [6.07, 6.45) is 5.19. The molecule has 0 N–H and O–H groups in total. The van der Waals surface area contributed by atoms with E-state index in [0.717, 1.165) is 34.8 Å². The van der Waals surface area contributed by atoms with Gasteiger partial charge in [0.25, 0.3) is 0 Å². The predicted molar refractivity (Wildman–Crippen MR) is 175 cm³/mol. The molecule has 2 atom stereocenters. The fourth-order valence-corrected chi connectivity index (χ4v) is 4.42. The van der Waals surface area contributed by atoms with Crippen LogP contribution in [0.1, 0.15) is 25.0 Å². The maximum atomic E-state index is 11.7. The van der Waals surface area contributed by atoms with Gasteiger partial charge in [0.05, 0.1) is 26.4 Å². The van der Waals surface area contributed by atoms with E-state index in [1.807, 2.05) is 61.0 Å². The van der Waals surface area contributed by atoms with Crippen molar-refractivity contribution in [3.8, 4) is 11.5 Å². The smallest absolute Gasteiger partial charge is 0.330 e. The van der Waals surface area contributed by atoms with E-state index in [0.29, 0.717) is 24.7 Å². The van der Waals surface area contributed by atoms with E-state index in [-0.39, 0.29) is 31.8 Å². The highest BCUT2D eigenvalue weighted by Gasteiger charge is 2.24. The maximum absolute atomic E-state index is 11.7. The van der Waals surface area contributed by atoms with Gasteiger partial charge in [0.15, 0.2) is 12.2 Å². The molecule has 0 aliphatic rings. The molecule has 236 valence electrons. The van der Waals surface area contributed by atoms with E-state index >= 15 is 0 Å². The van der Waals surface area contributed by atoms with E-state index in [1.165, 1.54) is 0 Å². The van der Waals surface area contributed by atoms with Gasteiger partial charge in [-0.3, -0.25) is 0 Å². The molecular formula is C33H44O8S2. The van der Waals surface area contributed by atoms with Crippen LogP contribution in [0, 0.1) is 0 Å². The van der Waals surface area contributed by atoms with Gasteiger partial charge in [0.1, 0.15) is 24.7 Å². The van der Waals surface area contributed by atoms with E-state index in [4.69, 9.17) is 28.4 Å². The third kappa shape index (κ3) is 13.5. The van der Waals surface area contributed by atoms with E-state index < -0.39 is 24.1 Å². The molecule has 8 nitrogen and oxygen atoms in total. The van der Waals surface area contributed by atoms with E-state index in [1.54, 1.807) is 23.5 Å². The highest BCUT2D eigenvalue weighted by molar-refractivity contribution is 7.98. The fraction of sp³-hybridized carbons (Fsp3) is 0.455. The minimum atomic E-state index is -0.541. The molecule has 0 bridgehead atoms. The van der Waals surface area contributed by atoms with Gasteiger partial charge in [-0.25, -0.2) is 9.59 Å². The lowest BCUT2D eigenvalue weighted by molar-refractivity contribution is -0.148. The second kappa shape index (κ2) is 20.1. The second-order valence-electron chi connectivity index (χ2n) is 9.96. The van der Waals surface area contributed by atoms with Crippen LogP contribution in [0.5, 0.6) is 11.5 Å². The fourth-order valence-electron chi connectivity index (χ4n) is 3.85. The van der Waals surface area contributed by atoms with Gasteiger partial charge in [0.2, 0.25) is 0 Å². The second-order valence-corrected chi connectivity index (χ2v) is 11.9. The van der Waals surface area contributed by atoms with Crippen molar-refractivity contribution in [3.63, 3.8) is 0 Å². The predicted octanol–water partition coefficient (Wildman–Crippen LogP) is 5.72. The summed E-state index contributed by atoms with van der Waals surface area (Å²) in [6.45, 7) is 13.2. The number of ether oxygens (including phenoxy) is 6. The average Bonchev–Trinajstić information content (AvgIpc) is 3.02. The number of carbonyl (C=O) groups is 2. The van der Waals surface area contributed by atoms with Crippen molar-refractivity contribution in [1.82, 2.24) is 0 Å². The molecule has 0 radical (unpaired) electrons. The van der Waals surface area contributed by atoms with Gasteiger partial charge in [-0.1, -0.05) is 51.3 Å². The topological polar surface area (TPSA) is 89.5 Å². The number of benzene rings is 2. The lowest BCUT2D eigenvalue weighted by atomic mass is 9.78. The van der Waals surface area contributed by atoms with Crippen molar-refractivity contribution in [1.29, 1.82) is 0 Å². The van der Waals surface area contributed by atoms with Crippen LogP contribution in [0.15, 0.2) is 73.8 Å². The molecule has 2 rings (SSSR count). The van der Waals surface area contributed by atoms with Gasteiger partial charge < -0.3 is 28.4 Å². The van der Waals surface area contributed by atoms with Gasteiger partial charge >= 0.3 is 11.9 Å². The molecule has 0 aromatic heterocycles. The molecule has 0 aliphatic heterocycles. The molecule has 0 heterocycles. The zero-order chi connectivity index (χ0) is 31.5. The SMILES string of the molecule is C=CC(=O)OC(COCCSC)COc1ccc(C(C)(C)c2ccc(OCC(COCCSC)OC(=O)C=C)cc2)cc1. The monoisotopic (exact) mass is 632 g/mol. The Kier molecular flexibility index (Phi) is 17.0. The van der Waals surface area contributed by atoms with Crippen LogP contribution in [0.3, 0.4) is 0 Å². The average molecular weight is 633 g/mol. The lowest BCUT2D eigenvalue weighted by Gasteiger charge is -2.27. The Labute approximate surface area is 264 Å². The largest absolute Gasteiger partial charge is 0.490 e. The molecule has 0 aliphatic carbocycles. The van der Waals surface area contributed by atoms with Crippen LogP contribution in [0.4, 0.5) is 0 Å². The van der Waals surface area contributed by atoms with Crippen LogP contribution >= 0.6 is 23.5 Å². The van der Waals surface area contributed by atoms with Gasteiger partial charge in [-0.15, -0.1) is 0 Å². The first-order valence-corrected chi connectivity index (χ1v) is 16.8. The standard InChI is InChI=1S/C33H44O8S2/c1-7-31(34)40-29(21-36-17-19-42-5)23-38-27-13-9-25(10-14-27)33(3,4)26-11-15-28(16-12-26)39-24-30(41-32(35)8-2)22-37-18-20-43-6/h7-16,29-30H,1-2,17-24H2,3-6H3. The van der Waals surface area contributed by atoms with Gasteiger partial charge in [-0.2, -0.15) is 23.5 Å². The van der Waals surface area contributed by atoms with Crippen LogP contribution in [-0.4, -0.2) is 87.8 Å². The zero-order valence-electron chi connectivity index (χ0n) is 25.6. The highest BCUT2D eigenvalue weighted by atomic mass is 32.2. The minimum Gasteiger partial charge on any atom is -0.490 e. The molecule has 2 aromatic rings. The van der Waals surface area contributed by atoms with Crippen LogP contribution in [0.25, 0.3) is 0 Å². The zero-order valence-corrected chi connectivity index (χ0v) is 27.2. The molecule has 0 saturated carbocycles. The van der Waals surface area contributed by atoms with Crippen molar-refractivity contribution in [2.75, 3.05) is 63.7 Å². The van der Waals surface area contributed by atoms with Crippen LogP contribution < -0.4 is 9.47 Å². The maximum Gasteiger partial charge on any atom is 0.330 e. The van der Waals surface area contributed by atoms with E-state index in [2.05, 4.69) is 27.0 Å². The molecule has 0 fully saturated rings.